The van der Waals surface area contributed by atoms with Gasteiger partial charge in [-0.05, 0) is 18.7 Å². The third-order valence-electron chi connectivity index (χ3n) is 2.91. The van der Waals surface area contributed by atoms with Gasteiger partial charge in [0.2, 0.25) is 5.89 Å². The minimum atomic E-state index is -1.06. The van der Waals surface area contributed by atoms with Gasteiger partial charge in [-0.1, -0.05) is 0 Å². The number of nitrogens with zero attached hydrogens (tertiary/aromatic N) is 5. The first kappa shape index (κ1) is 13.6. The van der Waals surface area contributed by atoms with Crippen LogP contribution in [0.15, 0.2) is 20.7 Å². The van der Waals surface area contributed by atoms with Crippen LogP contribution in [0.3, 0.4) is 0 Å². The van der Waals surface area contributed by atoms with Crippen molar-refractivity contribution in [3.63, 3.8) is 0 Å². The molecule has 9 heteroatoms. The van der Waals surface area contributed by atoms with E-state index in [1.165, 1.54) is 6.20 Å². The number of carboxylic acid groups (broad SMARTS) is 1. The molecule has 0 atom stereocenters. The van der Waals surface area contributed by atoms with E-state index in [4.69, 9.17) is 4.42 Å². The SMILES string of the molecule is Cc1nnc(Sc2c(C(=O)O)cnc3c2c(C)nn3C)o1. The Balaban J connectivity index is 2.25. The van der Waals surface area contributed by atoms with Crippen LogP contribution >= 0.6 is 11.8 Å². The first-order chi connectivity index (χ1) is 9.97. The summed E-state index contributed by atoms with van der Waals surface area (Å²) < 4.78 is 6.93. The van der Waals surface area contributed by atoms with Gasteiger partial charge in [-0.15, -0.1) is 10.2 Å². The summed E-state index contributed by atoms with van der Waals surface area (Å²) in [6.45, 7) is 3.48. The van der Waals surface area contributed by atoms with Crippen LogP contribution in [0.1, 0.15) is 21.9 Å². The minimum Gasteiger partial charge on any atom is -0.478 e. The predicted molar refractivity (Wildman–Crippen MR) is 73.4 cm³/mol. The quantitative estimate of drug-likeness (QED) is 0.780. The summed E-state index contributed by atoms with van der Waals surface area (Å²) in [6.07, 6.45) is 1.32. The Hall–Kier alpha value is -2.42. The smallest absolute Gasteiger partial charge is 0.338 e. The van der Waals surface area contributed by atoms with Gasteiger partial charge in [-0.3, -0.25) is 4.68 Å². The van der Waals surface area contributed by atoms with Crippen LogP contribution in [-0.4, -0.2) is 36.0 Å². The number of carboxylic acids is 1. The van der Waals surface area contributed by atoms with Gasteiger partial charge in [0.05, 0.1) is 16.6 Å². The molecule has 0 unspecified atom stereocenters. The Morgan fingerprint density at radius 3 is 2.76 bits per heavy atom. The molecule has 0 aromatic carbocycles. The molecule has 0 aliphatic carbocycles. The predicted octanol–water partition coefficient (Wildman–Crippen LogP) is 1.82. The average molecular weight is 305 g/mol. The maximum Gasteiger partial charge on any atom is 0.338 e. The number of rotatable bonds is 3. The average Bonchev–Trinajstić information content (AvgIpc) is 2.94. The van der Waals surface area contributed by atoms with Crippen molar-refractivity contribution in [2.75, 3.05) is 0 Å². The van der Waals surface area contributed by atoms with Crippen LogP contribution in [0.2, 0.25) is 0 Å². The molecule has 3 aromatic heterocycles. The number of fused-ring (bicyclic) bond motifs is 1. The van der Waals surface area contributed by atoms with Crippen LogP contribution in [0.25, 0.3) is 11.0 Å². The molecule has 108 valence electrons. The van der Waals surface area contributed by atoms with Crippen molar-refractivity contribution in [1.82, 2.24) is 25.0 Å². The molecule has 0 amide bonds. The second-order valence-electron chi connectivity index (χ2n) is 4.40. The Labute approximate surface area is 123 Å². The molecule has 3 heterocycles. The number of pyridine rings is 1. The lowest BCUT2D eigenvalue weighted by molar-refractivity contribution is 0.0693. The highest BCUT2D eigenvalue weighted by Crippen LogP contribution is 2.36. The Bertz CT molecular complexity index is 854. The lowest BCUT2D eigenvalue weighted by Crippen LogP contribution is -2.02. The highest BCUT2D eigenvalue weighted by atomic mass is 32.2. The number of hydrogen-bond acceptors (Lipinski definition) is 7. The zero-order chi connectivity index (χ0) is 15.1. The van der Waals surface area contributed by atoms with Crippen molar-refractivity contribution < 1.29 is 14.3 Å². The summed E-state index contributed by atoms with van der Waals surface area (Å²) in [7, 11) is 1.76. The molecule has 0 aliphatic heterocycles. The normalized spacial score (nSPS) is 11.2. The number of carbonyl (C=O) groups is 1. The van der Waals surface area contributed by atoms with Gasteiger partial charge in [0.25, 0.3) is 5.22 Å². The van der Waals surface area contributed by atoms with Gasteiger partial charge in [0.1, 0.15) is 0 Å². The maximum atomic E-state index is 11.4. The highest BCUT2D eigenvalue weighted by Gasteiger charge is 2.22. The van der Waals surface area contributed by atoms with Gasteiger partial charge in [-0.25, -0.2) is 9.78 Å². The molecule has 0 radical (unpaired) electrons. The van der Waals surface area contributed by atoms with Crippen LogP contribution in [0, 0.1) is 13.8 Å². The summed E-state index contributed by atoms with van der Waals surface area (Å²) in [6, 6.07) is 0. The monoisotopic (exact) mass is 305 g/mol. The molecule has 0 aliphatic rings. The molecule has 3 rings (SSSR count). The van der Waals surface area contributed by atoms with Crippen LogP contribution in [0.4, 0.5) is 0 Å². The second-order valence-corrected chi connectivity index (χ2v) is 5.36. The fourth-order valence-electron chi connectivity index (χ4n) is 2.04. The van der Waals surface area contributed by atoms with Crippen LogP contribution in [0.5, 0.6) is 0 Å². The lowest BCUT2D eigenvalue weighted by atomic mass is 10.2. The zero-order valence-electron chi connectivity index (χ0n) is 11.5. The van der Waals surface area contributed by atoms with E-state index in [2.05, 4.69) is 20.3 Å². The molecule has 1 N–H and O–H groups in total. The van der Waals surface area contributed by atoms with Gasteiger partial charge in [0, 0.05) is 25.1 Å². The van der Waals surface area contributed by atoms with E-state index in [-0.39, 0.29) is 10.8 Å². The van der Waals surface area contributed by atoms with Crippen molar-refractivity contribution in [1.29, 1.82) is 0 Å². The molecular weight excluding hydrogens is 294 g/mol. The van der Waals surface area contributed by atoms with E-state index in [1.54, 1.807) is 25.6 Å². The largest absolute Gasteiger partial charge is 0.478 e. The molecule has 3 aromatic rings. The first-order valence-electron chi connectivity index (χ1n) is 6.01. The molecule has 21 heavy (non-hydrogen) atoms. The van der Waals surface area contributed by atoms with E-state index in [0.717, 1.165) is 11.8 Å². The molecule has 0 bridgehead atoms. The Kier molecular flexibility index (Phi) is 3.13. The van der Waals surface area contributed by atoms with Crippen LogP contribution < -0.4 is 0 Å². The fourth-order valence-corrected chi connectivity index (χ4v) is 3.05. The zero-order valence-corrected chi connectivity index (χ0v) is 12.3. The topological polar surface area (TPSA) is 107 Å². The fraction of sp³-hybridized carbons (Fsp3) is 0.250. The summed E-state index contributed by atoms with van der Waals surface area (Å²) in [4.78, 5) is 16.1. The van der Waals surface area contributed by atoms with E-state index >= 15 is 0 Å². The van der Waals surface area contributed by atoms with E-state index in [9.17, 15) is 9.90 Å². The van der Waals surface area contributed by atoms with Crippen molar-refractivity contribution in [3.8, 4) is 0 Å². The van der Waals surface area contributed by atoms with Gasteiger partial charge in [0.15, 0.2) is 5.65 Å². The number of aromatic carboxylic acids is 1. The van der Waals surface area contributed by atoms with Crippen molar-refractivity contribution in [3.05, 3.63) is 23.3 Å². The third-order valence-corrected chi connectivity index (χ3v) is 3.87. The van der Waals surface area contributed by atoms with Gasteiger partial charge >= 0.3 is 5.97 Å². The van der Waals surface area contributed by atoms with Crippen LogP contribution in [-0.2, 0) is 7.05 Å². The van der Waals surface area contributed by atoms with Crippen molar-refractivity contribution in [2.45, 2.75) is 24.0 Å². The standard InChI is InChI=1S/C12H11N5O3S/c1-5-8-9(21-12-15-14-6(2)20-12)7(11(18)19)4-13-10(8)17(3)16-5/h4H,1-3H3,(H,18,19). The summed E-state index contributed by atoms with van der Waals surface area (Å²) in [5, 5.41) is 22.2. The van der Waals surface area contributed by atoms with E-state index in [0.29, 0.717) is 27.5 Å². The minimum absolute atomic E-state index is 0.0828. The highest BCUT2D eigenvalue weighted by molar-refractivity contribution is 7.99. The van der Waals surface area contributed by atoms with Crippen molar-refractivity contribution in [2.24, 2.45) is 7.05 Å². The molecular formula is C12H11N5O3S. The lowest BCUT2D eigenvalue weighted by Gasteiger charge is -2.05. The molecule has 0 spiro atoms. The van der Waals surface area contributed by atoms with Gasteiger partial charge < -0.3 is 9.52 Å². The molecule has 0 saturated heterocycles. The second kappa shape index (κ2) is 4.85. The molecule has 0 saturated carbocycles. The maximum absolute atomic E-state index is 11.4. The van der Waals surface area contributed by atoms with E-state index < -0.39 is 5.97 Å². The third kappa shape index (κ3) is 2.25. The van der Waals surface area contributed by atoms with E-state index in [1.807, 2.05) is 0 Å². The number of aromatic nitrogens is 5. The molecule has 8 nitrogen and oxygen atoms in total. The summed E-state index contributed by atoms with van der Waals surface area (Å²) >= 11 is 1.11. The molecule has 0 fully saturated rings. The first-order valence-corrected chi connectivity index (χ1v) is 6.82. The number of hydrogen-bond donors (Lipinski definition) is 1. The van der Waals surface area contributed by atoms with Gasteiger partial charge in [-0.2, -0.15) is 5.10 Å². The number of aryl methyl sites for hydroxylation is 3. The Morgan fingerprint density at radius 2 is 2.14 bits per heavy atom. The summed E-state index contributed by atoms with van der Waals surface area (Å²) in [5.41, 5.74) is 1.39. The van der Waals surface area contributed by atoms with Crippen molar-refractivity contribution >= 4 is 28.8 Å². The Morgan fingerprint density at radius 1 is 1.38 bits per heavy atom. The summed E-state index contributed by atoms with van der Waals surface area (Å²) in [5.74, 6) is -0.644.